The van der Waals surface area contributed by atoms with Crippen LogP contribution in [-0.4, -0.2) is 35.5 Å². The molecule has 0 saturated carbocycles. The highest BCUT2D eigenvalue weighted by molar-refractivity contribution is 7.12. The molecule has 1 unspecified atom stereocenters. The first kappa shape index (κ1) is 28.9. The van der Waals surface area contributed by atoms with Gasteiger partial charge in [0.05, 0.1) is 12.2 Å². The molecule has 1 fully saturated rings. The minimum absolute atomic E-state index is 0.174. The van der Waals surface area contributed by atoms with E-state index in [1.165, 1.54) is 5.56 Å². The van der Waals surface area contributed by atoms with Crippen LogP contribution in [0.3, 0.4) is 0 Å². The van der Waals surface area contributed by atoms with Crippen LogP contribution in [0.2, 0.25) is 0 Å². The molecule has 38 heavy (non-hydrogen) atoms. The summed E-state index contributed by atoms with van der Waals surface area (Å²) in [6.07, 6.45) is 6.52. The minimum atomic E-state index is -0.573. The first-order chi connectivity index (χ1) is 18.2. The lowest BCUT2D eigenvalue weighted by molar-refractivity contribution is -0.134. The molecule has 1 aliphatic rings. The summed E-state index contributed by atoms with van der Waals surface area (Å²) in [7, 11) is 0. The molecular weight excluding hydrogens is 494 g/mol. The van der Waals surface area contributed by atoms with Crippen LogP contribution in [0.5, 0.6) is 0 Å². The zero-order valence-electron chi connectivity index (χ0n) is 22.8. The number of carbonyl (C=O) groups is 2. The number of hydrogen-bond donors (Lipinski definition) is 3. The number of amides is 2. The SMILES string of the molecule is C=C1CCC(C(=O)NCc2cc(/C=N\C(N)=C(C)C)c(C)s2)N1C(=O)/C(=C\C)NCCCc1ccccc1. The maximum absolute atomic E-state index is 13.4. The van der Waals surface area contributed by atoms with Crippen molar-refractivity contribution in [3.05, 3.63) is 92.7 Å². The maximum atomic E-state index is 13.4. The lowest BCUT2D eigenvalue weighted by Gasteiger charge is -2.26. The third-order valence-corrected chi connectivity index (χ3v) is 7.57. The summed E-state index contributed by atoms with van der Waals surface area (Å²) in [6, 6.07) is 11.7. The van der Waals surface area contributed by atoms with Gasteiger partial charge in [-0.25, -0.2) is 4.99 Å². The Hall–Kier alpha value is -3.65. The second kappa shape index (κ2) is 13.8. The molecule has 2 amide bonds. The van der Waals surface area contributed by atoms with Gasteiger partial charge in [-0.15, -0.1) is 11.3 Å². The molecule has 4 N–H and O–H groups in total. The van der Waals surface area contributed by atoms with Gasteiger partial charge in [-0.2, -0.15) is 0 Å². The smallest absolute Gasteiger partial charge is 0.274 e. The largest absolute Gasteiger partial charge is 0.384 e. The van der Waals surface area contributed by atoms with Crippen LogP contribution in [0.15, 0.2) is 76.8 Å². The van der Waals surface area contributed by atoms with Gasteiger partial charge in [-0.1, -0.05) is 43.0 Å². The van der Waals surface area contributed by atoms with Gasteiger partial charge in [-0.05, 0) is 70.6 Å². The molecule has 202 valence electrons. The molecule has 2 heterocycles. The number of benzene rings is 1. The molecule has 2 aromatic rings. The van der Waals surface area contributed by atoms with Crippen LogP contribution >= 0.6 is 11.3 Å². The Kier molecular flexibility index (Phi) is 10.5. The van der Waals surface area contributed by atoms with E-state index in [0.29, 0.717) is 43.1 Å². The summed E-state index contributed by atoms with van der Waals surface area (Å²) < 4.78 is 0. The lowest BCUT2D eigenvalue weighted by atomic mass is 10.1. The van der Waals surface area contributed by atoms with Gasteiger partial charge >= 0.3 is 0 Å². The molecule has 0 spiro atoms. The number of allylic oxidation sites excluding steroid dienone is 3. The lowest BCUT2D eigenvalue weighted by Crippen LogP contribution is -2.46. The first-order valence-electron chi connectivity index (χ1n) is 13.0. The number of hydrogen-bond acceptors (Lipinski definition) is 6. The summed E-state index contributed by atoms with van der Waals surface area (Å²) >= 11 is 1.60. The number of carbonyl (C=O) groups excluding carboxylic acids is 2. The molecule has 3 rings (SSSR count). The van der Waals surface area contributed by atoms with Crippen LogP contribution in [0.25, 0.3) is 0 Å². The molecule has 0 aliphatic carbocycles. The van der Waals surface area contributed by atoms with Crippen molar-refractivity contribution in [1.29, 1.82) is 0 Å². The van der Waals surface area contributed by atoms with Crippen molar-refractivity contribution < 1.29 is 9.59 Å². The first-order valence-corrected chi connectivity index (χ1v) is 13.8. The number of rotatable bonds is 11. The van der Waals surface area contributed by atoms with Gasteiger partial charge in [0.25, 0.3) is 5.91 Å². The topological polar surface area (TPSA) is 99.8 Å². The van der Waals surface area contributed by atoms with E-state index in [1.807, 2.05) is 52.0 Å². The number of nitrogens with two attached hydrogens (primary N) is 1. The molecule has 1 aliphatic heterocycles. The number of likely N-dealkylation sites (tertiary alicyclic amines) is 1. The van der Waals surface area contributed by atoms with Gasteiger partial charge in [-0.3, -0.25) is 14.5 Å². The van der Waals surface area contributed by atoms with Crippen LogP contribution in [0.4, 0.5) is 0 Å². The van der Waals surface area contributed by atoms with E-state index in [9.17, 15) is 9.59 Å². The number of aryl methyl sites for hydroxylation is 2. The van der Waals surface area contributed by atoms with Gasteiger partial charge in [0, 0.05) is 33.8 Å². The highest BCUT2D eigenvalue weighted by Gasteiger charge is 2.37. The fraction of sp³-hybridized carbons (Fsp3) is 0.367. The highest BCUT2D eigenvalue weighted by atomic mass is 32.1. The fourth-order valence-electron chi connectivity index (χ4n) is 4.23. The van der Waals surface area contributed by atoms with Gasteiger partial charge in [0.1, 0.15) is 11.9 Å². The third-order valence-electron chi connectivity index (χ3n) is 6.50. The second-order valence-electron chi connectivity index (χ2n) is 9.60. The Labute approximate surface area is 230 Å². The average Bonchev–Trinajstić information content (AvgIpc) is 3.47. The number of thiophene rings is 1. The van der Waals surface area contributed by atoms with Crippen LogP contribution in [-0.2, 0) is 22.6 Å². The van der Waals surface area contributed by atoms with E-state index >= 15 is 0 Å². The van der Waals surface area contributed by atoms with Crippen molar-refractivity contribution in [2.24, 2.45) is 10.7 Å². The molecule has 1 atom stereocenters. The summed E-state index contributed by atoms with van der Waals surface area (Å²) in [4.78, 5) is 34.5. The average molecular weight is 534 g/mol. The van der Waals surface area contributed by atoms with Crippen molar-refractivity contribution in [2.45, 2.75) is 66.0 Å². The van der Waals surface area contributed by atoms with Crippen LogP contribution in [0.1, 0.15) is 60.9 Å². The van der Waals surface area contributed by atoms with E-state index in [2.05, 4.69) is 34.3 Å². The Morgan fingerprint density at radius 1 is 1.24 bits per heavy atom. The Morgan fingerprint density at radius 3 is 2.66 bits per heavy atom. The summed E-state index contributed by atoms with van der Waals surface area (Å²) in [5.74, 6) is 0.117. The second-order valence-corrected chi connectivity index (χ2v) is 10.9. The van der Waals surface area contributed by atoms with Crippen LogP contribution < -0.4 is 16.4 Å². The Morgan fingerprint density at radius 2 is 1.97 bits per heavy atom. The highest BCUT2D eigenvalue weighted by Crippen LogP contribution is 2.28. The van der Waals surface area contributed by atoms with E-state index in [0.717, 1.165) is 33.7 Å². The summed E-state index contributed by atoms with van der Waals surface area (Å²) in [5.41, 5.74) is 10.3. The van der Waals surface area contributed by atoms with Crippen LogP contribution in [0, 0.1) is 6.92 Å². The zero-order valence-corrected chi connectivity index (χ0v) is 23.7. The Balaban J connectivity index is 1.57. The summed E-state index contributed by atoms with van der Waals surface area (Å²) in [6.45, 7) is 12.8. The molecular formula is C30H39N5O2S. The zero-order chi connectivity index (χ0) is 27.7. The third kappa shape index (κ3) is 7.68. The monoisotopic (exact) mass is 533 g/mol. The van der Waals surface area contributed by atoms with Gasteiger partial charge in [0.2, 0.25) is 5.91 Å². The number of nitrogens with one attached hydrogen (secondary N) is 2. The van der Waals surface area contributed by atoms with E-state index < -0.39 is 6.04 Å². The van der Waals surface area contributed by atoms with Crippen molar-refractivity contribution >= 4 is 29.4 Å². The molecule has 0 radical (unpaired) electrons. The molecule has 1 saturated heterocycles. The van der Waals surface area contributed by atoms with E-state index in [4.69, 9.17) is 5.73 Å². The fourth-order valence-corrected chi connectivity index (χ4v) is 5.19. The molecule has 7 nitrogen and oxygen atoms in total. The quantitative estimate of drug-likeness (QED) is 0.217. The standard InChI is InChI=1S/C30H39N5O2S/c1-6-26(32-16-10-13-23-11-8-7-9-12-23)30(37)35-21(4)14-15-27(35)29(36)34-19-25-17-24(22(5)38-25)18-33-28(31)20(2)3/h6-9,11-12,17-18,27,32H,4,10,13-16,19,31H2,1-3,5H3,(H,34,36)/b26-6+,33-18-. The number of aliphatic imine (C=N–C) groups is 1. The molecule has 1 aromatic carbocycles. The van der Waals surface area contributed by atoms with E-state index in [1.54, 1.807) is 28.5 Å². The van der Waals surface area contributed by atoms with E-state index in [-0.39, 0.29) is 11.8 Å². The van der Waals surface area contributed by atoms with Crippen molar-refractivity contribution in [3.8, 4) is 0 Å². The maximum Gasteiger partial charge on any atom is 0.274 e. The minimum Gasteiger partial charge on any atom is -0.384 e. The normalized spacial score (nSPS) is 15.7. The van der Waals surface area contributed by atoms with Crippen molar-refractivity contribution in [3.63, 3.8) is 0 Å². The molecule has 1 aromatic heterocycles. The molecule has 0 bridgehead atoms. The van der Waals surface area contributed by atoms with Crippen molar-refractivity contribution in [1.82, 2.24) is 15.5 Å². The molecule has 8 heteroatoms. The predicted octanol–water partition coefficient (Wildman–Crippen LogP) is 4.93. The predicted molar refractivity (Wildman–Crippen MR) is 157 cm³/mol. The van der Waals surface area contributed by atoms with Gasteiger partial charge in [0.15, 0.2) is 0 Å². The van der Waals surface area contributed by atoms with Crippen molar-refractivity contribution in [2.75, 3.05) is 6.54 Å². The number of nitrogens with zero attached hydrogens (tertiary/aromatic N) is 2. The van der Waals surface area contributed by atoms with Gasteiger partial charge < -0.3 is 16.4 Å². The Bertz CT molecular complexity index is 1240. The summed E-state index contributed by atoms with van der Waals surface area (Å²) in [5, 5.41) is 6.28.